The van der Waals surface area contributed by atoms with Crippen molar-refractivity contribution in [2.75, 3.05) is 18.0 Å². The van der Waals surface area contributed by atoms with Gasteiger partial charge < -0.3 is 15.1 Å². The van der Waals surface area contributed by atoms with E-state index < -0.39 is 21.7 Å². The number of pyridine rings is 1. The van der Waals surface area contributed by atoms with E-state index in [4.69, 9.17) is 4.42 Å². The molecule has 1 spiro atoms. The number of nitrogens with one attached hydrogen (secondary N) is 3. The summed E-state index contributed by atoms with van der Waals surface area (Å²) in [6.07, 6.45) is 4.26. The zero-order valence-electron chi connectivity index (χ0n) is 21.7. The average Bonchev–Trinajstić information content (AvgIpc) is 3.58. The molecule has 0 saturated heterocycles. The standard InChI is InChI=1S/C29H25FN4O5S/c1-31-26(36)22-21-11-20(16-4-3-5-17(10-16)25(35)33-29-13-18-12-28(18,29)14-29)24(34-40(2,37)38)32-27(21)39-23(22)15-6-8-19(30)9-7-15/h3-11,18H,12-14H2,1-2H3,(H,31,36)(H,32,34)(H,33,35). The largest absolute Gasteiger partial charge is 0.437 e. The highest BCUT2D eigenvalue weighted by Crippen LogP contribution is 2.89. The van der Waals surface area contributed by atoms with E-state index in [1.165, 1.54) is 37.7 Å². The Morgan fingerprint density at radius 3 is 2.45 bits per heavy atom. The van der Waals surface area contributed by atoms with E-state index in [0.717, 1.165) is 25.0 Å². The highest BCUT2D eigenvalue weighted by Gasteiger charge is 2.89. The van der Waals surface area contributed by atoms with Crippen LogP contribution >= 0.6 is 0 Å². The summed E-state index contributed by atoms with van der Waals surface area (Å²) in [4.78, 5) is 30.6. The van der Waals surface area contributed by atoms with Crippen LogP contribution in [0.25, 0.3) is 33.6 Å². The zero-order chi connectivity index (χ0) is 28.0. The number of carbonyl (C=O) groups is 2. The van der Waals surface area contributed by atoms with Crippen molar-refractivity contribution in [2.45, 2.75) is 24.8 Å². The van der Waals surface area contributed by atoms with E-state index in [2.05, 4.69) is 20.3 Å². The minimum atomic E-state index is -3.75. The van der Waals surface area contributed by atoms with Crippen molar-refractivity contribution in [1.29, 1.82) is 0 Å². The molecule has 0 aliphatic heterocycles. The number of sulfonamides is 1. The number of anilines is 1. The van der Waals surface area contributed by atoms with E-state index in [1.54, 1.807) is 30.3 Å². The second-order valence-corrected chi connectivity index (χ2v) is 12.8. The summed E-state index contributed by atoms with van der Waals surface area (Å²) in [6.45, 7) is 0. The molecule has 204 valence electrons. The Kier molecular flexibility index (Phi) is 5.04. The maximum absolute atomic E-state index is 13.6. The molecule has 9 nitrogen and oxygen atoms in total. The first kappa shape index (κ1) is 24.8. The Morgan fingerprint density at radius 2 is 1.82 bits per heavy atom. The molecule has 3 N–H and O–H groups in total. The fourth-order valence-corrected chi connectivity index (χ4v) is 7.01. The van der Waals surface area contributed by atoms with Gasteiger partial charge in [0.2, 0.25) is 15.7 Å². The van der Waals surface area contributed by atoms with E-state index in [1.807, 2.05) is 0 Å². The Morgan fingerprint density at radius 1 is 1.05 bits per heavy atom. The van der Waals surface area contributed by atoms with E-state index in [0.29, 0.717) is 33.1 Å². The predicted octanol–water partition coefficient (Wildman–Crippen LogP) is 4.31. The third-order valence-electron chi connectivity index (χ3n) is 8.59. The molecule has 3 atom stereocenters. The fourth-order valence-electron chi connectivity index (χ4n) is 6.50. The van der Waals surface area contributed by atoms with Crippen LogP contribution in [0.15, 0.2) is 59.0 Å². The molecule has 2 aromatic carbocycles. The molecule has 40 heavy (non-hydrogen) atoms. The van der Waals surface area contributed by atoms with E-state index >= 15 is 0 Å². The normalized spacial score (nSPS) is 23.9. The van der Waals surface area contributed by atoms with Gasteiger partial charge in [-0.1, -0.05) is 12.1 Å². The quantitative estimate of drug-likeness (QED) is 0.309. The third kappa shape index (κ3) is 3.71. The number of amides is 2. The topological polar surface area (TPSA) is 130 Å². The van der Waals surface area contributed by atoms with Gasteiger partial charge in [0.15, 0.2) is 5.82 Å². The number of furan rings is 1. The number of nitrogens with zero attached hydrogens (tertiary/aromatic N) is 1. The van der Waals surface area contributed by atoms with Crippen LogP contribution in [-0.2, 0) is 10.0 Å². The Labute approximate surface area is 229 Å². The van der Waals surface area contributed by atoms with Crippen LogP contribution in [0.4, 0.5) is 10.2 Å². The molecule has 0 radical (unpaired) electrons. The molecule has 3 unspecified atom stereocenters. The molecule has 2 heterocycles. The lowest BCUT2D eigenvalue weighted by Crippen LogP contribution is -2.43. The zero-order valence-corrected chi connectivity index (χ0v) is 22.5. The maximum Gasteiger partial charge on any atom is 0.255 e. The van der Waals surface area contributed by atoms with Crippen LogP contribution in [0.3, 0.4) is 0 Å². The number of rotatable bonds is 7. The van der Waals surface area contributed by atoms with Crippen molar-refractivity contribution >= 4 is 38.8 Å². The van der Waals surface area contributed by atoms with Gasteiger partial charge in [-0.05, 0) is 78.6 Å². The molecule has 2 amide bonds. The molecule has 7 rings (SSSR count). The fraction of sp³-hybridized carbons (Fsp3) is 0.276. The van der Waals surface area contributed by atoms with Gasteiger partial charge in [-0.2, -0.15) is 4.98 Å². The van der Waals surface area contributed by atoms with Gasteiger partial charge in [-0.25, -0.2) is 12.8 Å². The van der Waals surface area contributed by atoms with E-state index in [-0.39, 0.29) is 34.3 Å². The van der Waals surface area contributed by atoms with Crippen LogP contribution in [0.5, 0.6) is 0 Å². The van der Waals surface area contributed by atoms with Crippen molar-refractivity contribution in [3.63, 3.8) is 0 Å². The lowest BCUT2D eigenvalue weighted by Gasteiger charge is -2.26. The summed E-state index contributed by atoms with van der Waals surface area (Å²) in [5.74, 6) is -0.186. The van der Waals surface area contributed by atoms with Crippen molar-refractivity contribution in [1.82, 2.24) is 15.6 Å². The summed E-state index contributed by atoms with van der Waals surface area (Å²) in [6, 6.07) is 13.9. The Hall–Kier alpha value is -4.25. The minimum Gasteiger partial charge on any atom is -0.437 e. The first-order valence-electron chi connectivity index (χ1n) is 12.9. The number of benzene rings is 2. The molecule has 3 fully saturated rings. The van der Waals surface area contributed by atoms with Gasteiger partial charge in [-0.3, -0.25) is 14.3 Å². The first-order valence-corrected chi connectivity index (χ1v) is 14.8. The van der Waals surface area contributed by atoms with Crippen molar-refractivity contribution in [2.24, 2.45) is 11.3 Å². The molecular weight excluding hydrogens is 535 g/mol. The smallest absolute Gasteiger partial charge is 0.255 e. The highest BCUT2D eigenvalue weighted by molar-refractivity contribution is 7.92. The minimum absolute atomic E-state index is 0.0174. The molecular formula is C29H25FN4O5S. The molecule has 4 aromatic rings. The van der Waals surface area contributed by atoms with Gasteiger partial charge in [-0.15, -0.1) is 0 Å². The SMILES string of the molecule is CNC(=O)c1c(-c2ccc(F)cc2)oc2nc(NS(C)(=O)=O)c(-c3cccc(C(=O)NC45CC6CC64C5)c3)cc12. The summed E-state index contributed by atoms with van der Waals surface area (Å²) >= 11 is 0. The van der Waals surface area contributed by atoms with Gasteiger partial charge in [0.05, 0.1) is 17.2 Å². The highest BCUT2D eigenvalue weighted by atomic mass is 32.2. The predicted molar refractivity (Wildman–Crippen MR) is 147 cm³/mol. The number of hydrogen-bond donors (Lipinski definition) is 3. The van der Waals surface area contributed by atoms with Gasteiger partial charge >= 0.3 is 0 Å². The van der Waals surface area contributed by atoms with Crippen molar-refractivity contribution < 1.29 is 26.8 Å². The van der Waals surface area contributed by atoms with E-state index in [9.17, 15) is 22.4 Å². The van der Waals surface area contributed by atoms with Crippen LogP contribution in [0.1, 0.15) is 40.0 Å². The third-order valence-corrected chi connectivity index (χ3v) is 9.15. The monoisotopic (exact) mass is 560 g/mol. The second-order valence-electron chi connectivity index (χ2n) is 11.1. The number of hydrogen-bond acceptors (Lipinski definition) is 6. The molecule has 0 bridgehead atoms. The Balaban J connectivity index is 1.35. The van der Waals surface area contributed by atoms with Crippen LogP contribution < -0.4 is 15.4 Å². The molecule has 3 aliphatic carbocycles. The van der Waals surface area contributed by atoms with Gasteiger partial charge in [0, 0.05) is 29.3 Å². The number of fused-ring (bicyclic) bond motifs is 1. The molecule has 3 saturated carbocycles. The van der Waals surface area contributed by atoms with Gasteiger partial charge in [0.1, 0.15) is 11.6 Å². The maximum atomic E-state index is 13.6. The lowest BCUT2D eigenvalue weighted by molar-refractivity contribution is 0.0904. The molecule has 11 heteroatoms. The summed E-state index contributed by atoms with van der Waals surface area (Å²) in [7, 11) is -2.28. The number of aromatic nitrogens is 1. The summed E-state index contributed by atoms with van der Waals surface area (Å²) in [5, 5.41) is 6.15. The summed E-state index contributed by atoms with van der Waals surface area (Å²) < 4.78 is 46.5. The Bertz CT molecular complexity index is 1870. The van der Waals surface area contributed by atoms with Crippen molar-refractivity contribution in [3.05, 3.63) is 71.5 Å². The molecule has 3 aliphatic rings. The summed E-state index contributed by atoms with van der Waals surface area (Å²) in [5.41, 5.74) is 2.23. The first-order chi connectivity index (χ1) is 19.0. The van der Waals surface area contributed by atoms with Crippen LogP contribution in [0, 0.1) is 17.2 Å². The molecule has 2 aromatic heterocycles. The number of carbonyl (C=O) groups excluding carboxylic acids is 2. The second kappa shape index (κ2) is 8.14. The van der Waals surface area contributed by atoms with Crippen LogP contribution in [0.2, 0.25) is 0 Å². The average molecular weight is 561 g/mol. The lowest BCUT2D eigenvalue weighted by atomic mass is 9.92. The van der Waals surface area contributed by atoms with Gasteiger partial charge in [0.25, 0.3) is 11.8 Å². The van der Waals surface area contributed by atoms with Crippen molar-refractivity contribution in [3.8, 4) is 22.5 Å². The van der Waals surface area contributed by atoms with Crippen LogP contribution in [-0.4, -0.2) is 44.1 Å². The number of halogens is 1.